The van der Waals surface area contributed by atoms with Crippen molar-refractivity contribution in [3.05, 3.63) is 84.4 Å². The van der Waals surface area contributed by atoms with Crippen molar-refractivity contribution < 1.29 is 13.0 Å². The van der Waals surface area contributed by atoms with Crippen LogP contribution in [0.5, 0.6) is 0 Å². The van der Waals surface area contributed by atoms with E-state index in [1.54, 1.807) is 49.4 Å². The summed E-state index contributed by atoms with van der Waals surface area (Å²) >= 11 is 0. The van der Waals surface area contributed by atoms with E-state index in [4.69, 9.17) is 0 Å². The van der Waals surface area contributed by atoms with E-state index in [0.29, 0.717) is 11.4 Å². The van der Waals surface area contributed by atoms with Gasteiger partial charge in [0.15, 0.2) is 0 Å². The summed E-state index contributed by atoms with van der Waals surface area (Å²) in [7, 11) is -4.45. The minimum atomic E-state index is -4.45. The molecule has 6 heteroatoms. The quantitative estimate of drug-likeness (QED) is 0.653. The van der Waals surface area contributed by atoms with Gasteiger partial charge in [-0.2, -0.15) is 8.42 Å². The van der Waals surface area contributed by atoms with E-state index in [9.17, 15) is 13.0 Å². The molecule has 0 aliphatic rings. The molecule has 3 aromatic rings. The topological polar surface area (TPSA) is 69.6 Å². The van der Waals surface area contributed by atoms with Gasteiger partial charge < -0.3 is 5.32 Å². The molecule has 5 nitrogen and oxygen atoms in total. The molecule has 0 aliphatic carbocycles. The van der Waals surface area contributed by atoms with Crippen LogP contribution in [0.3, 0.4) is 0 Å². The maximum atomic E-state index is 11.9. The molecule has 0 saturated heterocycles. The summed E-state index contributed by atoms with van der Waals surface area (Å²) in [6.45, 7) is 1.79. The summed E-state index contributed by atoms with van der Waals surface area (Å²) in [5.74, 6) is 0. The van der Waals surface area contributed by atoms with Crippen LogP contribution >= 0.6 is 0 Å². The van der Waals surface area contributed by atoms with E-state index in [2.05, 4.69) is 5.32 Å². The SMILES string of the molecule is Cc1ccccc1N(c1ccc(Nc2ccccc2)cc1)S(=O)(=O)O. The lowest BCUT2D eigenvalue weighted by atomic mass is 10.2. The van der Waals surface area contributed by atoms with Crippen LogP contribution < -0.4 is 9.62 Å². The summed E-state index contributed by atoms with van der Waals surface area (Å²) in [5, 5.41) is 3.23. The van der Waals surface area contributed by atoms with Crippen LogP contribution in [0.2, 0.25) is 0 Å². The van der Waals surface area contributed by atoms with Gasteiger partial charge in [0.1, 0.15) is 0 Å². The van der Waals surface area contributed by atoms with Crippen molar-refractivity contribution in [3.63, 3.8) is 0 Å². The van der Waals surface area contributed by atoms with Gasteiger partial charge in [0, 0.05) is 11.4 Å². The highest BCUT2D eigenvalue weighted by molar-refractivity contribution is 7.87. The first-order valence-electron chi connectivity index (χ1n) is 7.71. The zero-order valence-electron chi connectivity index (χ0n) is 13.6. The fourth-order valence-electron chi connectivity index (χ4n) is 2.56. The van der Waals surface area contributed by atoms with E-state index < -0.39 is 10.3 Å². The third-order valence-electron chi connectivity index (χ3n) is 3.73. The van der Waals surface area contributed by atoms with Gasteiger partial charge in [0.25, 0.3) is 0 Å². The largest absolute Gasteiger partial charge is 0.364 e. The average Bonchev–Trinajstić information content (AvgIpc) is 2.58. The van der Waals surface area contributed by atoms with Crippen molar-refractivity contribution in [2.24, 2.45) is 0 Å². The Labute approximate surface area is 147 Å². The van der Waals surface area contributed by atoms with Crippen LogP contribution in [0.15, 0.2) is 78.9 Å². The summed E-state index contributed by atoms with van der Waals surface area (Å²) < 4.78 is 34.5. The van der Waals surface area contributed by atoms with Crippen molar-refractivity contribution in [1.82, 2.24) is 0 Å². The predicted octanol–water partition coefficient (Wildman–Crippen LogP) is 4.68. The van der Waals surface area contributed by atoms with Crippen molar-refractivity contribution in [1.29, 1.82) is 0 Å². The molecule has 0 fully saturated rings. The zero-order chi connectivity index (χ0) is 17.9. The second kappa shape index (κ2) is 6.96. The first kappa shape index (κ1) is 17.0. The first-order chi connectivity index (χ1) is 11.9. The van der Waals surface area contributed by atoms with E-state index in [1.807, 2.05) is 36.4 Å². The molecule has 3 aromatic carbocycles. The van der Waals surface area contributed by atoms with Gasteiger partial charge in [-0.15, -0.1) is 0 Å². The smallest absolute Gasteiger partial charge is 0.356 e. The molecular formula is C19H18N2O3S. The maximum absolute atomic E-state index is 11.9. The molecule has 0 atom stereocenters. The van der Waals surface area contributed by atoms with E-state index >= 15 is 0 Å². The minimum Gasteiger partial charge on any atom is -0.356 e. The van der Waals surface area contributed by atoms with Crippen LogP contribution in [-0.4, -0.2) is 13.0 Å². The summed E-state index contributed by atoms with van der Waals surface area (Å²) in [6, 6.07) is 23.5. The van der Waals surface area contributed by atoms with E-state index in [0.717, 1.165) is 21.2 Å². The van der Waals surface area contributed by atoms with Crippen LogP contribution in [0, 0.1) is 6.92 Å². The standard InChI is InChI=1S/C19H18N2O3S/c1-15-7-5-6-10-19(15)21(25(22,23)24)18-13-11-17(12-14-18)20-16-8-3-2-4-9-16/h2-14,20H,1H3,(H,22,23,24). The lowest BCUT2D eigenvalue weighted by molar-refractivity contribution is 0.483. The minimum absolute atomic E-state index is 0.357. The average molecular weight is 354 g/mol. The number of aryl methyl sites for hydroxylation is 1. The number of nitrogens with one attached hydrogen (secondary N) is 1. The van der Waals surface area contributed by atoms with E-state index in [-0.39, 0.29) is 0 Å². The molecular weight excluding hydrogens is 336 g/mol. The maximum Gasteiger partial charge on any atom is 0.364 e. The Balaban J connectivity index is 1.94. The second-order valence-corrected chi connectivity index (χ2v) is 6.83. The Morgan fingerprint density at radius 3 is 1.96 bits per heavy atom. The summed E-state index contributed by atoms with van der Waals surface area (Å²) in [6.07, 6.45) is 0. The molecule has 2 N–H and O–H groups in total. The molecule has 128 valence electrons. The van der Waals surface area contributed by atoms with Crippen molar-refractivity contribution in [2.75, 3.05) is 9.62 Å². The monoisotopic (exact) mass is 354 g/mol. The Hall–Kier alpha value is -2.83. The van der Waals surface area contributed by atoms with Crippen LogP contribution in [0.1, 0.15) is 5.56 Å². The molecule has 0 amide bonds. The highest BCUT2D eigenvalue weighted by Crippen LogP contribution is 2.32. The van der Waals surface area contributed by atoms with Gasteiger partial charge in [-0.25, -0.2) is 4.31 Å². The van der Waals surface area contributed by atoms with Crippen LogP contribution in [-0.2, 0) is 10.3 Å². The molecule has 0 aromatic heterocycles. The van der Waals surface area contributed by atoms with Gasteiger partial charge in [-0.3, -0.25) is 4.55 Å². The normalized spacial score (nSPS) is 11.1. The number of hydrogen-bond donors (Lipinski definition) is 2. The van der Waals surface area contributed by atoms with Gasteiger partial charge in [0.05, 0.1) is 11.4 Å². The molecule has 0 heterocycles. The molecule has 0 bridgehead atoms. The lowest BCUT2D eigenvalue weighted by Gasteiger charge is -2.23. The van der Waals surface area contributed by atoms with Gasteiger partial charge in [-0.05, 0) is 55.0 Å². The number of nitrogens with zero attached hydrogens (tertiary/aromatic N) is 1. The molecule has 0 radical (unpaired) electrons. The Morgan fingerprint density at radius 1 is 0.800 bits per heavy atom. The van der Waals surface area contributed by atoms with Crippen LogP contribution in [0.4, 0.5) is 22.7 Å². The van der Waals surface area contributed by atoms with Gasteiger partial charge in [-0.1, -0.05) is 36.4 Å². The Bertz CT molecular complexity index is 955. The zero-order valence-corrected chi connectivity index (χ0v) is 14.4. The lowest BCUT2D eigenvalue weighted by Crippen LogP contribution is -2.25. The van der Waals surface area contributed by atoms with Gasteiger partial charge in [0.2, 0.25) is 0 Å². The summed E-state index contributed by atoms with van der Waals surface area (Å²) in [4.78, 5) is 0. The fraction of sp³-hybridized carbons (Fsp3) is 0.0526. The number of anilines is 4. The molecule has 25 heavy (non-hydrogen) atoms. The summed E-state index contributed by atoms with van der Waals surface area (Å²) in [5.41, 5.74) is 3.26. The molecule has 0 aliphatic heterocycles. The highest BCUT2D eigenvalue weighted by Gasteiger charge is 2.23. The predicted molar refractivity (Wildman–Crippen MR) is 101 cm³/mol. The Kier molecular flexibility index (Phi) is 4.74. The number of hydrogen-bond acceptors (Lipinski definition) is 3. The number of benzene rings is 3. The molecule has 0 unspecified atom stereocenters. The Morgan fingerprint density at radius 2 is 1.36 bits per heavy atom. The molecule has 3 rings (SSSR count). The fourth-order valence-corrected chi connectivity index (χ4v) is 3.40. The second-order valence-electron chi connectivity index (χ2n) is 5.57. The third kappa shape index (κ3) is 3.99. The van der Waals surface area contributed by atoms with Gasteiger partial charge >= 0.3 is 10.3 Å². The number of rotatable bonds is 5. The highest BCUT2D eigenvalue weighted by atomic mass is 32.2. The van der Waals surface area contributed by atoms with Crippen molar-refractivity contribution >= 4 is 33.1 Å². The molecule has 0 saturated carbocycles. The third-order valence-corrected chi connectivity index (χ3v) is 4.60. The van der Waals surface area contributed by atoms with Crippen molar-refractivity contribution in [3.8, 4) is 0 Å². The molecule has 0 spiro atoms. The van der Waals surface area contributed by atoms with E-state index in [1.165, 1.54) is 0 Å². The number of para-hydroxylation sites is 2. The van der Waals surface area contributed by atoms with Crippen LogP contribution in [0.25, 0.3) is 0 Å². The van der Waals surface area contributed by atoms with Crippen molar-refractivity contribution in [2.45, 2.75) is 6.92 Å². The first-order valence-corrected chi connectivity index (χ1v) is 9.10.